The summed E-state index contributed by atoms with van der Waals surface area (Å²) in [5.74, 6) is 1.07. The maximum atomic E-state index is 4.46. The Morgan fingerprint density at radius 3 is 2.89 bits per heavy atom. The SMILES string of the molecule is C=Cc1cnc(C(c2ccc[nH]2)c2cccs2)[nH]1. The van der Waals surface area contributed by atoms with Gasteiger partial charge >= 0.3 is 0 Å². The Labute approximate surface area is 109 Å². The molecule has 0 aromatic carbocycles. The second-order valence-electron chi connectivity index (χ2n) is 4.00. The van der Waals surface area contributed by atoms with Crippen LogP contribution >= 0.6 is 11.3 Å². The third kappa shape index (κ3) is 1.91. The molecule has 4 heteroatoms. The minimum atomic E-state index is 0.133. The molecule has 3 heterocycles. The average molecular weight is 255 g/mol. The molecule has 3 nitrogen and oxygen atoms in total. The summed E-state index contributed by atoms with van der Waals surface area (Å²) in [5, 5.41) is 2.09. The number of thiophene rings is 1. The molecule has 0 saturated heterocycles. The normalized spacial score (nSPS) is 12.4. The summed E-state index contributed by atoms with van der Waals surface area (Å²) in [6, 6.07) is 8.29. The summed E-state index contributed by atoms with van der Waals surface area (Å²) in [6.07, 6.45) is 5.52. The second-order valence-corrected chi connectivity index (χ2v) is 4.98. The molecule has 3 aromatic heterocycles. The van der Waals surface area contributed by atoms with Crippen molar-refractivity contribution in [2.75, 3.05) is 0 Å². The standard InChI is InChI=1S/C14H13N3S/c1-2-10-9-16-14(17-10)13(11-5-3-7-15-11)12-6-4-8-18-12/h2-9,13,15H,1H2,(H,16,17). The first-order valence-electron chi connectivity index (χ1n) is 5.72. The maximum absolute atomic E-state index is 4.46. The lowest BCUT2D eigenvalue weighted by atomic mass is 10.0. The van der Waals surface area contributed by atoms with Crippen LogP contribution in [0.15, 0.2) is 48.6 Å². The lowest BCUT2D eigenvalue weighted by molar-refractivity contribution is 0.871. The molecule has 0 saturated carbocycles. The zero-order valence-electron chi connectivity index (χ0n) is 9.76. The van der Waals surface area contributed by atoms with Crippen LogP contribution in [0.4, 0.5) is 0 Å². The molecule has 0 fully saturated rings. The van der Waals surface area contributed by atoms with E-state index in [0.29, 0.717) is 0 Å². The van der Waals surface area contributed by atoms with E-state index in [-0.39, 0.29) is 5.92 Å². The number of nitrogens with one attached hydrogen (secondary N) is 2. The van der Waals surface area contributed by atoms with Gasteiger partial charge in [0.2, 0.25) is 0 Å². The first-order chi connectivity index (χ1) is 8.88. The lowest BCUT2D eigenvalue weighted by Crippen LogP contribution is -2.04. The van der Waals surface area contributed by atoms with Crippen molar-refractivity contribution >= 4 is 17.4 Å². The quantitative estimate of drug-likeness (QED) is 0.734. The van der Waals surface area contributed by atoms with Crippen LogP contribution in [0.3, 0.4) is 0 Å². The van der Waals surface area contributed by atoms with Crippen molar-refractivity contribution in [1.82, 2.24) is 15.0 Å². The molecule has 18 heavy (non-hydrogen) atoms. The van der Waals surface area contributed by atoms with E-state index in [0.717, 1.165) is 17.2 Å². The summed E-state index contributed by atoms with van der Waals surface area (Å²) in [6.45, 7) is 3.75. The van der Waals surface area contributed by atoms with Crippen LogP contribution in [-0.4, -0.2) is 15.0 Å². The summed E-state index contributed by atoms with van der Waals surface area (Å²) >= 11 is 1.74. The van der Waals surface area contributed by atoms with Gasteiger partial charge in [-0.1, -0.05) is 12.6 Å². The zero-order chi connectivity index (χ0) is 12.4. The molecule has 0 spiro atoms. The van der Waals surface area contributed by atoms with Crippen molar-refractivity contribution in [2.24, 2.45) is 0 Å². The third-order valence-corrected chi connectivity index (χ3v) is 3.81. The number of rotatable bonds is 4. The van der Waals surface area contributed by atoms with Crippen molar-refractivity contribution in [3.05, 3.63) is 70.7 Å². The molecule has 0 radical (unpaired) electrons. The van der Waals surface area contributed by atoms with Crippen LogP contribution in [0, 0.1) is 0 Å². The van der Waals surface area contributed by atoms with Crippen LogP contribution in [0.1, 0.15) is 28.0 Å². The molecule has 0 aliphatic carbocycles. The average Bonchev–Trinajstić information content (AvgIpc) is 3.13. The number of nitrogens with zero attached hydrogens (tertiary/aromatic N) is 1. The van der Waals surface area contributed by atoms with Gasteiger partial charge in [0.05, 0.1) is 17.8 Å². The summed E-state index contributed by atoms with van der Waals surface area (Å²) < 4.78 is 0. The minimum absolute atomic E-state index is 0.133. The van der Waals surface area contributed by atoms with Gasteiger partial charge in [-0.2, -0.15) is 0 Å². The van der Waals surface area contributed by atoms with E-state index in [1.165, 1.54) is 4.88 Å². The molecule has 3 aromatic rings. The third-order valence-electron chi connectivity index (χ3n) is 2.87. The van der Waals surface area contributed by atoms with Crippen molar-refractivity contribution in [1.29, 1.82) is 0 Å². The van der Waals surface area contributed by atoms with Gasteiger partial charge in [-0.25, -0.2) is 4.98 Å². The van der Waals surface area contributed by atoms with E-state index < -0.39 is 0 Å². The number of imidazole rings is 1. The molecule has 0 bridgehead atoms. The number of aromatic amines is 2. The molecule has 3 rings (SSSR count). The van der Waals surface area contributed by atoms with E-state index in [9.17, 15) is 0 Å². The van der Waals surface area contributed by atoms with E-state index in [1.54, 1.807) is 17.4 Å². The van der Waals surface area contributed by atoms with Crippen molar-refractivity contribution in [3.8, 4) is 0 Å². The zero-order valence-corrected chi connectivity index (χ0v) is 10.6. The monoisotopic (exact) mass is 255 g/mol. The molecule has 2 N–H and O–H groups in total. The molecular formula is C14H13N3S. The van der Waals surface area contributed by atoms with E-state index in [1.807, 2.05) is 18.5 Å². The van der Waals surface area contributed by atoms with Crippen LogP contribution < -0.4 is 0 Å². The van der Waals surface area contributed by atoms with E-state index in [4.69, 9.17) is 0 Å². The Balaban J connectivity index is 2.08. The van der Waals surface area contributed by atoms with Crippen LogP contribution in [0.25, 0.3) is 6.08 Å². The Morgan fingerprint density at radius 1 is 1.33 bits per heavy atom. The molecular weight excluding hydrogens is 242 g/mol. The first kappa shape index (κ1) is 11.0. The Hall–Kier alpha value is -2.07. The fraction of sp³-hybridized carbons (Fsp3) is 0.0714. The number of H-pyrrole nitrogens is 2. The number of aromatic nitrogens is 3. The van der Waals surface area contributed by atoms with Gasteiger partial charge < -0.3 is 9.97 Å². The van der Waals surface area contributed by atoms with Crippen LogP contribution in [0.2, 0.25) is 0 Å². The summed E-state index contributed by atoms with van der Waals surface area (Å²) in [4.78, 5) is 12.3. The largest absolute Gasteiger partial charge is 0.364 e. The fourth-order valence-electron chi connectivity index (χ4n) is 2.02. The molecule has 0 aliphatic heterocycles. The van der Waals surface area contributed by atoms with Gasteiger partial charge in [-0.05, 0) is 29.7 Å². The van der Waals surface area contributed by atoms with Gasteiger partial charge in [-0.3, -0.25) is 0 Å². The summed E-state index contributed by atoms with van der Waals surface area (Å²) in [7, 11) is 0. The van der Waals surface area contributed by atoms with Crippen molar-refractivity contribution < 1.29 is 0 Å². The van der Waals surface area contributed by atoms with Gasteiger partial charge in [-0.15, -0.1) is 11.3 Å². The predicted octanol–water partition coefficient (Wildman–Crippen LogP) is 3.62. The maximum Gasteiger partial charge on any atom is 0.120 e. The van der Waals surface area contributed by atoms with Crippen molar-refractivity contribution in [2.45, 2.75) is 5.92 Å². The molecule has 1 atom stereocenters. The highest BCUT2D eigenvalue weighted by atomic mass is 32.1. The molecule has 90 valence electrons. The second kappa shape index (κ2) is 4.66. The van der Waals surface area contributed by atoms with Crippen LogP contribution in [-0.2, 0) is 0 Å². The van der Waals surface area contributed by atoms with Crippen molar-refractivity contribution in [3.63, 3.8) is 0 Å². The highest BCUT2D eigenvalue weighted by Crippen LogP contribution is 2.31. The van der Waals surface area contributed by atoms with Gasteiger partial charge in [0.15, 0.2) is 0 Å². The Bertz CT molecular complexity index is 586. The highest BCUT2D eigenvalue weighted by molar-refractivity contribution is 7.10. The smallest absolute Gasteiger partial charge is 0.120 e. The minimum Gasteiger partial charge on any atom is -0.364 e. The first-order valence-corrected chi connectivity index (χ1v) is 6.60. The number of hydrogen-bond donors (Lipinski definition) is 2. The molecule has 0 aliphatic rings. The fourth-order valence-corrected chi connectivity index (χ4v) is 2.86. The van der Waals surface area contributed by atoms with Crippen LogP contribution in [0.5, 0.6) is 0 Å². The van der Waals surface area contributed by atoms with Gasteiger partial charge in [0, 0.05) is 16.8 Å². The molecule has 1 unspecified atom stereocenters. The Kier molecular flexibility index (Phi) is 2.86. The Morgan fingerprint density at radius 2 is 2.28 bits per heavy atom. The topological polar surface area (TPSA) is 44.5 Å². The van der Waals surface area contributed by atoms with Gasteiger partial charge in [0.25, 0.3) is 0 Å². The van der Waals surface area contributed by atoms with E-state index >= 15 is 0 Å². The molecule has 0 amide bonds. The predicted molar refractivity (Wildman–Crippen MR) is 74.7 cm³/mol. The van der Waals surface area contributed by atoms with E-state index in [2.05, 4.69) is 45.1 Å². The highest BCUT2D eigenvalue weighted by Gasteiger charge is 2.21. The lowest BCUT2D eigenvalue weighted by Gasteiger charge is -2.11. The summed E-state index contributed by atoms with van der Waals surface area (Å²) in [5.41, 5.74) is 2.08. The number of hydrogen-bond acceptors (Lipinski definition) is 2. The van der Waals surface area contributed by atoms with Gasteiger partial charge in [0.1, 0.15) is 5.82 Å².